The summed E-state index contributed by atoms with van der Waals surface area (Å²) in [4.78, 5) is 30.6. The average Bonchev–Trinajstić information content (AvgIpc) is 3.05. The zero-order valence-corrected chi connectivity index (χ0v) is 15.9. The van der Waals surface area contributed by atoms with Gasteiger partial charge in [0.05, 0.1) is 5.39 Å². The van der Waals surface area contributed by atoms with Gasteiger partial charge in [-0.1, -0.05) is 20.8 Å². The summed E-state index contributed by atoms with van der Waals surface area (Å²) < 4.78 is 1.36. The monoisotopic (exact) mass is 359 g/mol. The molecule has 2 bridgehead atoms. The van der Waals surface area contributed by atoms with Crippen molar-refractivity contribution in [2.75, 3.05) is 5.43 Å². The molecule has 1 N–H and O–H groups in total. The van der Waals surface area contributed by atoms with E-state index in [1.807, 2.05) is 12.3 Å². The third kappa shape index (κ3) is 2.62. The van der Waals surface area contributed by atoms with Gasteiger partial charge < -0.3 is 0 Å². The van der Waals surface area contributed by atoms with Crippen LogP contribution in [0.25, 0.3) is 10.2 Å². The number of fused-ring (bicyclic) bond motifs is 3. The molecule has 25 heavy (non-hydrogen) atoms. The van der Waals surface area contributed by atoms with E-state index in [-0.39, 0.29) is 11.5 Å². The highest BCUT2D eigenvalue weighted by Crippen LogP contribution is 2.61. The highest BCUT2D eigenvalue weighted by atomic mass is 32.1. The van der Waals surface area contributed by atoms with Crippen molar-refractivity contribution in [2.45, 2.75) is 52.9 Å². The Morgan fingerprint density at radius 2 is 2.24 bits per heavy atom. The van der Waals surface area contributed by atoms with Crippen molar-refractivity contribution in [3.63, 3.8) is 0 Å². The number of hydrogen-bond donors (Lipinski definition) is 1. The Bertz CT molecular complexity index is 880. The molecule has 3 saturated carbocycles. The minimum Gasteiger partial charge on any atom is -0.273 e. The molecule has 0 aromatic carbocycles. The van der Waals surface area contributed by atoms with E-state index in [0.717, 1.165) is 17.2 Å². The van der Waals surface area contributed by atoms with Crippen LogP contribution in [0.2, 0.25) is 0 Å². The number of thiophene rings is 1. The van der Waals surface area contributed by atoms with Gasteiger partial charge in [-0.3, -0.25) is 15.0 Å². The van der Waals surface area contributed by atoms with Gasteiger partial charge in [0.25, 0.3) is 5.56 Å². The van der Waals surface area contributed by atoms with E-state index in [9.17, 15) is 9.59 Å². The van der Waals surface area contributed by atoms with Crippen LogP contribution in [0.5, 0.6) is 0 Å². The third-order valence-electron chi connectivity index (χ3n) is 6.57. The van der Waals surface area contributed by atoms with Crippen LogP contribution in [0.4, 0.5) is 0 Å². The van der Waals surface area contributed by atoms with Crippen molar-refractivity contribution in [3.8, 4) is 0 Å². The highest BCUT2D eigenvalue weighted by Gasteiger charge is 2.54. The van der Waals surface area contributed by atoms with Crippen LogP contribution in [0.15, 0.2) is 16.2 Å². The van der Waals surface area contributed by atoms with Gasteiger partial charge in [-0.05, 0) is 53.9 Å². The van der Waals surface area contributed by atoms with Gasteiger partial charge in [-0.2, -0.15) is 0 Å². The van der Waals surface area contributed by atoms with E-state index >= 15 is 0 Å². The summed E-state index contributed by atoms with van der Waals surface area (Å²) in [5.41, 5.74) is 3.02. The molecule has 5 nitrogen and oxygen atoms in total. The van der Waals surface area contributed by atoms with Crippen molar-refractivity contribution in [1.82, 2.24) is 9.66 Å². The Kier molecular flexibility index (Phi) is 3.98. The van der Waals surface area contributed by atoms with Crippen LogP contribution in [0.3, 0.4) is 0 Å². The molecule has 1 amide bonds. The molecule has 3 fully saturated rings. The van der Waals surface area contributed by atoms with Crippen molar-refractivity contribution >= 4 is 27.5 Å². The number of carbonyl (C=O) groups excluding carboxylic acids is 1. The van der Waals surface area contributed by atoms with Crippen molar-refractivity contribution < 1.29 is 4.79 Å². The van der Waals surface area contributed by atoms with Gasteiger partial charge >= 0.3 is 0 Å². The van der Waals surface area contributed by atoms with E-state index in [1.165, 1.54) is 28.9 Å². The molecule has 3 aliphatic carbocycles. The van der Waals surface area contributed by atoms with Crippen LogP contribution in [0, 0.1) is 23.2 Å². The first kappa shape index (κ1) is 16.8. The maximum atomic E-state index is 12.7. The predicted molar refractivity (Wildman–Crippen MR) is 100 cm³/mol. The van der Waals surface area contributed by atoms with Crippen molar-refractivity contribution in [1.29, 1.82) is 0 Å². The Labute approximate surface area is 151 Å². The fourth-order valence-corrected chi connectivity index (χ4v) is 5.70. The number of aryl methyl sites for hydroxylation is 1. The third-order valence-corrected chi connectivity index (χ3v) is 7.38. The fraction of sp³-hybridized carbons (Fsp3) is 0.632. The molecule has 2 aromatic rings. The highest BCUT2D eigenvalue weighted by molar-refractivity contribution is 7.16. The maximum Gasteiger partial charge on any atom is 0.281 e. The SMILES string of the molecule is CCc1nc2sccc2c(=O)n1NC(=O)C[C@@H]1CC[C@H]2C[C@@H]1C2(C)C. The standard InChI is InChI=1S/C19H25N3O2S/c1-4-15-20-17-13(7-8-25-17)18(24)22(15)21-16(23)9-11-5-6-12-10-14(11)19(12,2)3/h7-8,11-12,14H,4-6,9-10H2,1-3H3,(H,21,23)/t11-,12-,14-/m0/s1. The smallest absolute Gasteiger partial charge is 0.273 e. The molecule has 2 heterocycles. The molecule has 0 aliphatic heterocycles. The number of hydrogen-bond acceptors (Lipinski definition) is 4. The summed E-state index contributed by atoms with van der Waals surface area (Å²) in [5.74, 6) is 2.44. The van der Waals surface area contributed by atoms with Crippen molar-refractivity contribution in [2.24, 2.45) is 23.2 Å². The van der Waals surface area contributed by atoms with Gasteiger partial charge in [-0.25, -0.2) is 9.66 Å². The largest absolute Gasteiger partial charge is 0.281 e. The van der Waals surface area contributed by atoms with Crippen LogP contribution in [-0.2, 0) is 11.2 Å². The lowest BCUT2D eigenvalue weighted by molar-refractivity contribution is -0.129. The van der Waals surface area contributed by atoms with E-state index in [2.05, 4.69) is 24.3 Å². The summed E-state index contributed by atoms with van der Waals surface area (Å²) in [7, 11) is 0. The second-order valence-corrected chi connectivity index (χ2v) is 8.99. The van der Waals surface area contributed by atoms with Crippen LogP contribution in [0.1, 0.15) is 52.3 Å². The molecule has 3 atom stereocenters. The Hall–Kier alpha value is -1.69. The Morgan fingerprint density at radius 3 is 2.92 bits per heavy atom. The zero-order valence-electron chi connectivity index (χ0n) is 15.0. The Balaban J connectivity index is 1.54. The molecule has 6 heteroatoms. The molecule has 3 aliphatic rings. The summed E-state index contributed by atoms with van der Waals surface area (Å²) >= 11 is 1.46. The van der Waals surface area contributed by atoms with Crippen LogP contribution >= 0.6 is 11.3 Å². The van der Waals surface area contributed by atoms with E-state index in [1.54, 1.807) is 6.07 Å². The van der Waals surface area contributed by atoms with E-state index in [0.29, 0.717) is 41.3 Å². The summed E-state index contributed by atoms with van der Waals surface area (Å²) in [6.07, 6.45) is 4.71. The van der Waals surface area contributed by atoms with Crippen LogP contribution < -0.4 is 11.0 Å². The molecular formula is C19H25N3O2S. The molecular weight excluding hydrogens is 334 g/mol. The first-order valence-corrected chi connectivity index (χ1v) is 10.1. The molecule has 0 unspecified atom stereocenters. The summed E-state index contributed by atoms with van der Waals surface area (Å²) in [6, 6.07) is 1.77. The van der Waals surface area contributed by atoms with Crippen molar-refractivity contribution in [3.05, 3.63) is 27.6 Å². The first-order valence-electron chi connectivity index (χ1n) is 9.20. The minimum atomic E-state index is -0.177. The molecule has 0 saturated heterocycles. The number of nitrogens with one attached hydrogen (secondary N) is 1. The molecule has 0 radical (unpaired) electrons. The zero-order chi connectivity index (χ0) is 17.8. The van der Waals surface area contributed by atoms with Crippen LogP contribution in [-0.4, -0.2) is 15.6 Å². The predicted octanol–water partition coefficient (Wildman–Crippen LogP) is 3.55. The maximum absolute atomic E-state index is 12.7. The second-order valence-electron chi connectivity index (χ2n) is 8.10. The lowest BCUT2D eigenvalue weighted by Crippen LogP contribution is -2.53. The van der Waals surface area contributed by atoms with E-state index < -0.39 is 0 Å². The van der Waals surface area contributed by atoms with Gasteiger partial charge in [-0.15, -0.1) is 11.3 Å². The number of nitrogens with zero attached hydrogens (tertiary/aromatic N) is 2. The summed E-state index contributed by atoms with van der Waals surface area (Å²) in [6.45, 7) is 6.62. The molecule has 2 aromatic heterocycles. The lowest BCUT2D eigenvalue weighted by Gasteiger charge is -2.60. The number of rotatable bonds is 4. The normalized spacial score (nSPS) is 27.1. The number of aromatic nitrogens is 2. The number of carbonyl (C=O) groups is 1. The quantitative estimate of drug-likeness (QED) is 0.908. The molecule has 5 rings (SSSR count). The second kappa shape index (κ2) is 5.94. The molecule has 134 valence electrons. The fourth-order valence-electron chi connectivity index (χ4n) is 4.92. The lowest BCUT2D eigenvalue weighted by atomic mass is 9.45. The topological polar surface area (TPSA) is 64.0 Å². The number of amides is 1. The van der Waals surface area contributed by atoms with Gasteiger partial charge in [0.15, 0.2) is 0 Å². The van der Waals surface area contributed by atoms with E-state index in [4.69, 9.17) is 0 Å². The first-order chi connectivity index (χ1) is 11.9. The molecule has 0 spiro atoms. The van der Waals surface area contributed by atoms with Gasteiger partial charge in [0, 0.05) is 12.8 Å². The average molecular weight is 359 g/mol. The minimum absolute atomic E-state index is 0.0701. The van der Waals surface area contributed by atoms with Gasteiger partial charge in [0.1, 0.15) is 10.7 Å². The summed E-state index contributed by atoms with van der Waals surface area (Å²) in [5, 5.41) is 2.44. The Morgan fingerprint density at radius 1 is 1.44 bits per heavy atom. The van der Waals surface area contributed by atoms with Gasteiger partial charge in [0.2, 0.25) is 5.91 Å².